The molecule has 2 fully saturated rings. The van der Waals surface area contributed by atoms with Crippen LogP contribution in [0.1, 0.15) is 19.8 Å². The van der Waals surface area contributed by atoms with Crippen molar-refractivity contribution in [3.05, 3.63) is 0 Å². The number of hydrogen-bond donors (Lipinski definition) is 3. The van der Waals surface area contributed by atoms with Gasteiger partial charge in [0.05, 0.1) is 6.54 Å². The molecule has 3 N–H and O–H groups in total. The summed E-state index contributed by atoms with van der Waals surface area (Å²) >= 11 is 0. The van der Waals surface area contributed by atoms with Crippen molar-refractivity contribution in [2.24, 2.45) is 0 Å². The van der Waals surface area contributed by atoms with E-state index in [0.29, 0.717) is 32.5 Å². The van der Waals surface area contributed by atoms with Gasteiger partial charge < -0.3 is 25.5 Å². The second kappa shape index (κ2) is 6.30. The molecule has 0 aromatic carbocycles. The van der Waals surface area contributed by atoms with Gasteiger partial charge in [-0.1, -0.05) is 0 Å². The minimum absolute atomic E-state index is 0.0922. The van der Waals surface area contributed by atoms with Crippen LogP contribution in [0.15, 0.2) is 0 Å². The Morgan fingerprint density at radius 3 is 2.52 bits per heavy atom. The molecule has 8 nitrogen and oxygen atoms in total. The number of carbonyl (C=O) groups is 3. The van der Waals surface area contributed by atoms with Crippen LogP contribution in [0.4, 0.5) is 4.79 Å². The zero-order valence-corrected chi connectivity index (χ0v) is 12.2. The lowest BCUT2D eigenvalue weighted by molar-refractivity contribution is -0.147. The quantitative estimate of drug-likeness (QED) is 0.624. The third-order valence-electron chi connectivity index (χ3n) is 4.21. The number of carbonyl (C=O) groups excluding carboxylic acids is 2. The first kappa shape index (κ1) is 15.6. The highest BCUT2D eigenvalue weighted by atomic mass is 16.4. The highest BCUT2D eigenvalue weighted by Crippen LogP contribution is 2.29. The van der Waals surface area contributed by atoms with E-state index in [1.54, 1.807) is 11.8 Å². The minimum Gasteiger partial charge on any atom is -0.480 e. The van der Waals surface area contributed by atoms with Gasteiger partial charge in [0.15, 0.2) is 0 Å². The predicted octanol–water partition coefficient (Wildman–Crippen LogP) is -0.933. The van der Waals surface area contributed by atoms with E-state index in [4.69, 9.17) is 0 Å². The van der Waals surface area contributed by atoms with E-state index < -0.39 is 17.5 Å². The summed E-state index contributed by atoms with van der Waals surface area (Å²) in [6.45, 7) is 4.61. The number of rotatable bonds is 3. The third kappa shape index (κ3) is 3.26. The molecule has 3 amide bonds. The minimum atomic E-state index is -1.18. The van der Waals surface area contributed by atoms with Crippen LogP contribution in [-0.2, 0) is 9.59 Å². The van der Waals surface area contributed by atoms with Crippen LogP contribution in [0.3, 0.4) is 0 Å². The van der Waals surface area contributed by atoms with Crippen LogP contribution in [0, 0.1) is 0 Å². The lowest BCUT2D eigenvalue weighted by Crippen LogP contribution is -2.56. The van der Waals surface area contributed by atoms with E-state index in [0.717, 1.165) is 13.1 Å². The van der Waals surface area contributed by atoms with Crippen LogP contribution < -0.4 is 10.6 Å². The van der Waals surface area contributed by atoms with E-state index in [9.17, 15) is 19.5 Å². The molecular formula is C13H22N4O4. The number of urea groups is 1. The SMILES string of the molecule is CC1(C(=O)O)CCCN1C(=O)NCC(=O)N1CCNCC1. The Bertz CT molecular complexity index is 436. The fourth-order valence-corrected chi connectivity index (χ4v) is 2.78. The summed E-state index contributed by atoms with van der Waals surface area (Å²) in [7, 11) is 0. The van der Waals surface area contributed by atoms with Crippen LogP contribution in [0.25, 0.3) is 0 Å². The molecule has 0 aromatic heterocycles. The van der Waals surface area contributed by atoms with Crippen molar-refractivity contribution < 1.29 is 19.5 Å². The van der Waals surface area contributed by atoms with Crippen molar-refractivity contribution in [3.8, 4) is 0 Å². The Labute approximate surface area is 123 Å². The molecule has 2 aliphatic heterocycles. The summed E-state index contributed by atoms with van der Waals surface area (Å²) in [6, 6.07) is -0.485. The Balaban J connectivity index is 1.86. The molecule has 0 saturated carbocycles. The number of carboxylic acids is 1. The molecule has 2 aliphatic rings. The number of carboxylic acid groups (broad SMARTS) is 1. The van der Waals surface area contributed by atoms with E-state index >= 15 is 0 Å². The summed E-state index contributed by atoms with van der Waals surface area (Å²) in [5, 5.41) is 15.0. The normalized spacial score (nSPS) is 25.8. The largest absolute Gasteiger partial charge is 0.480 e. The van der Waals surface area contributed by atoms with Crippen molar-refractivity contribution in [2.45, 2.75) is 25.3 Å². The Morgan fingerprint density at radius 1 is 1.24 bits per heavy atom. The van der Waals surface area contributed by atoms with Gasteiger partial charge in [0, 0.05) is 32.7 Å². The molecular weight excluding hydrogens is 276 g/mol. The average molecular weight is 298 g/mol. The molecule has 0 bridgehead atoms. The molecule has 21 heavy (non-hydrogen) atoms. The van der Waals surface area contributed by atoms with Crippen LogP contribution in [0.5, 0.6) is 0 Å². The van der Waals surface area contributed by atoms with E-state index in [2.05, 4.69) is 10.6 Å². The van der Waals surface area contributed by atoms with Gasteiger partial charge in [-0.3, -0.25) is 4.79 Å². The molecule has 1 unspecified atom stereocenters. The molecule has 2 saturated heterocycles. The van der Waals surface area contributed by atoms with E-state index in [1.165, 1.54) is 4.90 Å². The van der Waals surface area contributed by atoms with E-state index in [-0.39, 0.29) is 12.5 Å². The lowest BCUT2D eigenvalue weighted by atomic mass is 10.00. The fraction of sp³-hybridized carbons (Fsp3) is 0.769. The van der Waals surface area contributed by atoms with Crippen molar-refractivity contribution in [2.75, 3.05) is 39.3 Å². The number of hydrogen-bond acceptors (Lipinski definition) is 4. The Kier molecular flexibility index (Phi) is 4.66. The second-order valence-corrected chi connectivity index (χ2v) is 5.62. The smallest absolute Gasteiger partial charge is 0.329 e. The van der Waals surface area contributed by atoms with Gasteiger partial charge in [-0.05, 0) is 19.8 Å². The number of likely N-dealkylation sites (tertiary alicyclic amines) is 1. The van der Waals surface area contributed by atoms with Crippen LogP contribution in [0.2, 0.25) is 0 Å². The first-order chi connectivity index (χ1) is 9.95. The molecule has 8 heteroatoms. The number of nitrogens with zero attached hydrogens (tertiary/aromatic N) is 2. The topological polar surface area (TPSA) is 102 Å². The average Bonchev–Trinajstić information content (AvgIpc) is 2.89. The lowest BCUT2D eigenvalue weighted by Gasteiger charge is -2.32. The Morgan fingerprint density at radius 2 is 1.90 bits per heavy atom. The fourth-order valence-electron chi connectivity index (χ4n) is 2.78. The van der Waals surface area contributed by atoms with Gasteiger partial charge in [0.1, 0.15) is 5.54 Å². The highest BCUT2D eigenvalue weighted by molar-refractivity contribution is 5.89. The van der Waals surface area contributed by atoms with Crippen LogP contribution >= 0.6 is 0 Å². The molecule has 0 aliphatic carbocycles. The van der Waals surface area contributed by atoms with Gasteiger partial charge in [-0.25, -0.2) is 9.59 Å². The molecule has 118 valence electrons. The molecule has 2 heterocycles. The first-order valence-corrected chi connectivity index (χ1v) is 7.22. The summed E-state index contributed by atoms with van der Waals surface area (Å²) in [5.74, 6) is -1.15. The Hall–Kier alpha value is -1.83. The van der Waals surface area contributed by atoms with Crippen molar-refractivity contribution in [3.63, 3.8) is 0 Å². The number of piperazine rings is 1. The first-order valence-electron chi connectivity index (χ1n) is 7.22. The number of aliphatic carboxylic acids is 1. The maximum atomic E-state index is 12.1. The molecule has 0 aromatic rings. The van der Waals surface area contributed by atoms with E-state index in [1.807, 2.05) is 0 Å². The summed E-state index contributed by atoms with van der Waals surface area (Å²) in [4.78, 5) is 38.4. The van der Waals surface area contributed by atoms with Gasteiger partial charge in [-0.2, -0.15) is 0 Å². The zero-order valence-electron chi connectivity index (χ0n) is 12.2. The molecule has 0 spiro atoms. The monoisotopic (exact) mass is 298 g/mol. The van der Waals surface area contributed by atoms with Gasteiger partial charge in [0.2, 0.25) is 5.91 Å². The van der Waals surface area contributed by atoms with Gasteiger partial charge in [0.25, 0.3) is 0 Å². The van der Waals surface area contributed by atoms with Crippen molar-refractivity contribution in [1.82, 2.24) is 20.4 Å². The maximum absolute atomic E-state index is 12.1. The molecule has 1 atom stereocenters. The van der Waals surface area contributed by atoms with Crippen molar-refractivity contribution in [1.29, 1.82) is 0 Å². The van der Waals surface area contributed by atoms with Crippen LogP contribution in [-0.4, -0.2) is 77.6 Å². The number of nitrogens with one attached hydrogen (secondary N) is 2. The highest BCUT2D eigenvalue weighted by Gasteiger charge is 2.46. The second-order valence-electron chi connectivity index (χ2n) is 5.62. The third-order valence-corrected chi connectivity index (χ3v) is 4.21. The summed E-state index contributed by atoms with van der Waals surface area (Å²) in [6.07, 6.45) is 1.09. The summed E-state index contributed by atoms with van der Waals surface area (Å²) in [5.41, 5.74) is -1.18. The van der Waals surface area contributed by atoms with Gasteiger partial charge in [-0.15, -0.1) is 0 Å². The van der Waals surface area contributed by atoms with Crippen molar-refractivity contribution >= 4 is 17.9 Å². The predicted molar refractivity (Wildman–Crippen MR) is 74.8 cm³/mol. The molecule has 2 rings (SSSR count). The summed E-state index contributed by atoms with van der Waals surface area (Å²) < 4.78 is 0. The van der Waals surface area contributed by atoms with Gasteiger partial charge >= 0.3 is 12.0 Å². The maximum Gasteiger partial charge on any atom is 0.329 e. The molecule has 0 radical (unpaired) electrons. The standard InChI is InChI=1S/C13H22N4O4/c1-13(11(19)20)3-2-6-17(13)12(21)15-9-10(18)16-7-4-14-5-8-16/h14H,2-9H2,1H3,(H,15,21)(H,19,20). The zero-order chi connectivity index (χ0) is 15.5. The number of amides is 3.